The smallest absolute Gasteiger partial charge is 0.316 e. The van der Waals surface area contributed by atoms with E-state index in [4.69, 9.17) is 0 Å². The second kappa shape index (κ2) is 4.37. The largest absolute Gasteiger partial charge is 0.458 e. The summed E-state index contributed by atoms with van der Waals surface area (Å²) in [6, 6.07) is 4.61. The number of rotatable bonds is 3. The van der Waals surface area contributed by atoms with E-state index < -0.39 is 17.7 Å². The van der Waals surface area contributed by atoms with Crippen molar-refractivity contribution in [2.24, 2.45) is 0 Å². The average molecular weight is 239 g/mol. The number of benzene rings is 1. The van der Waals surface area contributed by atoms with Crippen LogP contribution >= 0.6 is 0 Å². The van der Waals surface area contributed by atoms with Gasteiger partial charge in [-0.3, -0.25) is 0 Å². The Morgan fingerprint density at radius 3 is 2.12 bits per heavy atom. The zero-order valence-corrected chi connectivity index (χ0v) is 8.41. The molecule has 0 unspecified atom stereocenters. The summed E-state index contributed by atoms with van der Waals surface area (Å²) in [5.74, 6) is -4.82. The van der Waals surface area contributed by atoms with Gasteiger partial charge in [-0.25, -0.2) is 0 Å². The van der Waals surface area contributed by atoms with Gasteiger partial charge in [-0.05, 0) is 12.6 Å². The molecule has 0 aromatic heterocycles. The lowest BCUT2D eigenvalue weighted by atomic mass is 10.0. The van der Waals surface area contributed by atoms with Gasteiger partial charge in [0.05, 0.1) is 0 Å². The van der Waals surface area contributed by atoms with Gasteiger partial charge in [0.2, 0.25) is 0 Å². The minimum Gasteiger partial charge on any atom is -0.316 e. The first-order valence-electron chi connectivity index (χ1n) is 4.48. The topological polar surface area (TPSA) is 12.0 Å². The molecule has 90 valence electrons. The van der Waals surface area contributed by atoms with Gasteiger partial charge in [0.15, 0.2) is 0 Å². The molecule has 0 aliphatic carbocycles. The van der Waals surface area contributed by atoms with Crippen LogP contribution in [0.2, 0.25) is 0 Å². The van der Waals surface area contributed by atoms with Crippen molar-refractivity contribution in [1.82, 2.24) is 5.32 Å². The Bertz CT molecular complexity index is 358. The summed E-state index contributed by atoms with van der Waals surface area (Å²) < 4.78 is 62.7. The Labute approximate surface area is 89.3 Å². The Morgan fingerprint density at radius 1 is 1.06 bits per heavy atom. The summed E-state index contributed by atoms with van der Waals surface area (Å²) in [6.45, 7) is -0.0398. The fraction of sp³-hybridized carbons (Fsp3) is 0.400. The van der Waals surface area contributed by atoms with Crippen molar-refractivity contribution < 1.29 is 22.0 Å². The number of halogens is 5. The standard InChI is InChI=1S/C10H10F5N/c1-16-6-7-4-2-3-5-8(7)9(11,12)10(13,14)15/h2-5,16H,6H2,1H3. The molecule has 0 heterocycles. The Balaban J connectivity index is 3.21. The van der Waals surface area contributed by atoms with Gasteiger partial charge in [0, 0.05) is 12.1 Å². The number of hydrogen-bond acceptors (Lipinski definition) is 1. The van der Waals surface area contributed by atoms with Crippen LogP contribution < -0.4 is 5.32 Å². The van der Waals surface area contributed by atoms with Gasteiger partial charge in [-0.15, -0.1) is 0 Å². The van der Waals surface area contributed by atoms with Crippen molar-refractivity contribution in [3.8, 4) is 0 Å². The Kier molecular flexibility index (Phi) is 3.52. The Morgan fingerprint density at radius 2 is 1.62 bits per heavy atom. The molecule has 1 nitrogen and oxygen atoms in total. The molecule has 0 fully saturated rings. The third-order valence-electron chi connectivity index (χ3n) is 2.08. The van der Waals surface area contributed by atoms with Gasteiger partial charge in [0.25, 0.3) is 0 Å². The van der Waals surface area contributed by atoms with Gasteiger partial charge in [-0.1, -0.05) is 24.3 Å². The minimum absolute atomic E-state index is 0.0398. The summed E-state index contributed by atoms with van der Waals surface area (Å²) in [5.41, 5.74) is -1.07. The Hall–Kier alpha value is -1.17. The van der Waals surface area contributed by atoms with Crippen molar-refractivity contribution in [3.63, 3.8) is 0 Å². The first-order valence-corrected chi connectivity index (χ1v) is 4.48. The molecule has 1 aromatic rings. The molecule has 0 aliphatic heterocycles. The predicted molar refractivity (Wildman–Crippen MR) is 49.2 cm³/mol. The lowest BCUT2D eigenvalue weighted by molar-refractivity contribution is -0.289. The van der Waals surface area contributed by atoms with E-state index in [0.29, 0.717) is 0 Å². The highest BCUT2D eigenvalue weighted by Crippen LogP contribution is 2.44. The molecule has 16 heavy (non-hydrogen) atoms. The highest BCUT2D eigenvalue weighted by molar-refractivity contribution is 5.32. The van der Waals surface area contributed by atoms with Gasteiger partial charge in [0.1, 0.15) is 0 Å². The highest BCUT2D eigenvalue weighted by atomic mass is 19.4. The number of nitrogens with one attached hydrogen (secondary N) is 1. The van der Waals surface area contributed by atoms with Crippen molar-refractivity contribution in [2.45, 2.75) is 18.6 Å². The summed E-state index contributed by atoms with van der Waals surface area (Å²) >= 11 is 0. The molecular formula is C10H10F5N. The molecule has 6 heteroatoms. The summed E-state index contributed by atoms with van der Waals surface area (Å²) in [5, 5.41) is 2.55. The van der Waals surface area contributed by atoms with E-state index >= 15 is 0 Å². The van der Waals surface area contributed by atoms with Gasteiger partial charge >= 0.3 is 12.1 Å². The van der Waals surface area contributed by atoms with Crippen molar-refractivity contribution in [3.05, 3.63) is 35.4 Å². The van der Waals surface area contributed by atoms with Gasteiger partial charge in [-0.2, -0.15) is 22.0 Å². The van der Waals surface area contributed by atoms with E-state index in [1.807, 2.05) is 0 Å². The van der Waals surface area contributed by atoms with E-state index in [-0.39, 0.29) is 12.1 Å². The van der Waals surface area contributed by atoms with E-state index in [1.165, 1.54) is 19.2 Å². The minimum atomic E-state index is -5.57. The van der Waals surface area contributed by atoms with Crippen LogP contribution in [0.1, 0.15) is 11.1 Å². The molecule has 1 N–H and O–H groups in total. The summed E-state index contributed by atoms with van der Waals surface area (Å²) in [4.78, 5) is 0. The lowest BCUT2D eigenvalue weighted by Crippen LogP contribution is -2.35. The highest BCUT2D eigenvalue weighted by Gasteiger charge is 2.59. The predicted octanol–water partition coefficient (Wildman–Crippen LogP) is 3.06. The first kappa shape index (κ1) is 12.9. The SMILES string of the molecule is CNCc1ccccc1C(F)(F)C(F)(F)F. The molecular weight excluding hydrogens is 229 g/mol. The van der Waals surface area contributed by atoms with E-state index in [9.17, 15) is 22.0 Å². The first-order chi connectivity index (χ1) is 7.30. The van der Waals surface area contributed by atoms with Crippen LogP contribution in [0.25, 0.3) is 0 Å². The monoisotopic (exact) mass is 239 g/mol. The normalized spacial score (nSPS) is 12.9. The van der Waals surface area contributed by atoms with Crippen LogP contribution in [0.5, 0.6) is 0 Å². The van der Waals surface area contributed by atoms with Crippen LogP contribution in [-0.4, -0.2) is 13.2 Å². The van der Waals surface area contributed by atoms with Gasteiger partial charge < -0.3 is 5.32 Å². The molecule has 0 aliphatic rings. The maximum absolute atomic E-state index is 13.1. The second-order valence-electron chi connectivity index (χ2n) is 3.26. The molecule has 0 saturated heterocycles. The quantitative estimate of drug-likeness (QED) is 0.799. The number of hydrogen-bond donors (Lipinski definition) is 1. The van der Waals surface area contributed by atoms with Crippen molar-refractivity contribution in [2.75, 3.05) is 7.05 Å². The molecule has 0 saturated carbocycles. The third-order valence-corrected chi connectivity index (χ3v) is 2.08. The molecule has 0 spiro atoms. The maximum atomic E-state index is 13.1. The molecule has 1 rings (SSSR count). The zero-order chi connectivity index (χ0) is 12.4. The van der Waals surface area contributed by atoms with Crippen molar-refractivity contribution >= 4 is 0 Å². The van der Waals surface area contributed by atoms with Crippen LogP contribution in [0, 0.1) is 0 Å². The molecule has 0 atom stereocenters. The maximum Gasteiger partial charge on any atom is 0.458 e. The van der Waals surface area contributed by atoms with Crippen LogP contribution in [-0.2, 0) is 12.5 Å². The molecule has 0 bridgehead atoms. The third kappa shape index (κ3) is 2.32. The van der Waals surface area contributed by atoms with E-state index in [0.717, 1.165) is 12.1 Å². The number of alkyl halides is 5. The van der Waals surface area contributed by atoms with Crippen LogP contribution in [0.4, 0.5) is 22.0 Å². The van der Waals surface area contributed by atoms with Crippen LogP contribution in [0.3, 0.4) is 0 Å². The fourth-order valence-electron chi connectivity index (χ4n) is 1.32. The lowest BCUT2D eigenvalue weighted by Gasteiger charge is -2.22. The van der Waals surface area contributed by atoms with E-state index in [1.54, 1.807) is 0 Å². The van der Waals surface area contributed by atoms with Crippen molar-refractivity contribution in [1.29, 1.82) is 0 Å². The second-order valence-corrected chi connectivity index (χ2v) is 3.26. The van der Waals surface area contributed by atoms with Crippen LogP contribution in [0.15, 0.2) is 24.3 Å². The molecule has 1 aromatic carbocycles. The van der Waals surface area contributed by atoms with E-state index in [2.05, 4.69) is 5.32 Å². The fourth-order valence-corrected chi connectivity index (χ4v) is 1.32. The summed E-state index contributed by atoms with van der Waals surface area (Å²) in [7, 11) is 1.47. The molecule has 0 amide bonds. The summed E-state index contributed by atoms with van der Waals surface area (Å²) in [6.07, 6.45) is -5.57. The average Bonchev–Trinajstić information content (AvgIpc) is 2.17. The zero-order valence-electron chi connectivity index (χ0n) is 8.41. The molecule has 0 radical (unpaired) electrons.